The van der Waals surface area contributed by atoms with Crippen LogP contribution in [0.15, 0.2) is 24.3 Å². The fraction of sp³-hybridized carbons (Fsp3) is 0.667. The SMILES string of the molecule is CCCCNC(=O)C(c1ccc(O)cc1)N(C(=O)C(CS)NC(=O)OC(C)(C)C)C(C)CCC(C)C. The lowest BCUT2D eigenvalue weighted by Crippen LogP contribution is -2.56. The summed E-state index contributed by atoms with van der Waals surface area (Å²) in [4.78, 5) is 41.5. The number of thiol groups is 1. The molecule has 8 nitrogen and oxygen atoms in total. The molecule has 204 valence electrons. The van der Waals surface area contributed by atoms with E-state index in [1.54, 1.807) is 37.8 Å². The normalized spacial score (nSPS) is 14.0. The van der Waals surface area contributed by atoms with Gasteiger partial charge >= 0.3 is 6.09 Å². The van der Waals surface area contributed by atoms with E-state index in [1.165, 1.54) is 12.1 Å². The molecule has 0 radical (unpaired) electrons. The Hall–Kier alpha value is -2.42. The van der Waals surface area contributed by atoms with Crippen molar-refractivity contribution in [1.29, 1.82) is 0 Å². The van der Waals surface area contributed by atoms with Crippen LogP contribution in [0.3, 0.4) is 0 Å². The summed E-state index contributed by atoms with van der Waals surface area (Å²) in [6.45, 7) is 13.9. The van der Waals surface area contributed by atoms with Crippen LogP contribution in [0, 0.1) is 5.92 Å². The fourth-order valence-electron chi connectivity index (χ4n) is 3.71. The number of hydrogen-bond acceptors (Lipinski definition) is 6. The zero-order valence-corrected chi connectivity index (χ0v) is 23.7. The molecule has 0 spiro atoms. The Bertz CT molecular complexity index is 839. The Morgan fingerprint density at radius 3 is 2.19 bits per heavy atom. The number of benzene rings is 1. The van der Waals surface area contributed by atoms with Gasteiger partial charge in [0.15, 0.2) is 0 Å². The predicted octanol–water partition coefficient (Wildman–Crippen LogP) is 4.83. The third kappa shape index (κ3) is 10.7. The van der Waals surface area contributed by atoms with Crippen LogP contribution in [0.1, 0.15) is 85.8 Å². The van der Waals surface area contributed by atoms with Gasteiger partial charge in [0, 0.05) is 18.3 Å². The first-order chi connectivity index (χ1) is 16.8. The molecule has 0 aliphatic carbocycles. The van der Waals surface area contributed by atoms with Crippen molar-refractivity contribution in [3.8, 4) is 5.75 Å². The van der Waals surface area contributed by atoms with Crippen molar-refractivity contribution in [2.75, 3.05) is 12.3 Å². The minimum atomic E-state index is -0.993. The van der Waals surface area contributed by atoms with E-state index in [-0.39, 0.29) is 23.5 Å². The van der Waals surface area contributed by atoms with Crippen LogP contribution in [-0.4, -0.2) is 57.9 Å². The molecule has 1 rings (SSSR count). The highest BCUT2D eigenvalue weighted by Gasteiger charge is 2.38. The third-order valence-electron chi connectivity index (χ3n) is 5.63. The third-order valence-corrected chi connectivity index (χ3v) is 5.99. The lowest BCUT2D eigenvalue weighted by Gasteiger charge is -2.38. The van der Waals surface area contributed by atoms with Gasteiger partial charge in [-0.2, -0.15) is 12.6 Å². The number of unbranched alkanes of at least 4 members (excludes halogenated alkanes) is 1. The number of nitrogens with one attached hydrogen (secondary N) is 2. The maximum atomic E-state index is 14.0. The quantitative estimate of drug-likeness (QED) is 0.219. The summed E-state index contributed by atoms with van der Waals surface area (Å²) < 4.78 is 5.35. The van der Waals surface area contributed by atoms with Crippen molar-refractivity contribution in [1.82, 2.24) is 15.5 Å². The van der Waals surface area contributed by atoms with Gasteiger partial charge in [-0.25, -0.2) is 4.79 Å². The highest BCUT2D eigenvalue weighted by Crippen LogP contribution is 2.28. The van der Waals surface area contributed by atoms with Crippen LogP contribution < -0.4 is 10.6 Å². The molecule has 36 heavy (non-hydrogen) atoms. The molecule has 0 heterocycles. The molecule has 0 fully saturated rings. The summed E-state index contributed by atoms with van der Waals surface area (Å²) in [5.41, 5.74) is -0.159. The average molecular weight is 524 g/mol. The number of carbonyl (C=O) groups excluding carboxylic acids is 3. The van der Waals surface area contributed by atoms with Crippen LogP contribution in [0.25, 0.3) is 0 Å². The number of hydrogen-bond donors (Lipinski definition) is 4. The second-order valence-electron chi connectivity index (χ2n) is 10.6. The van der Waals surface area contributed by atoms with Crippen molar-refractivity contribution < 1.29 is 24.2 Å². The first-order valence-corrected chi connectivity index (χ1v) is 13.4. The molecule has 3 amide bonds. The maximum absolute atomic E-state index is 14.0. The van der Waals surface area contributed by atoms with Crippen molar-refractivity contribution in [3.63, 3.8) is 0 Å². The molecule has 1 aromatic rings. The topological polar surface area (TPSA) is 108 Å². The number of amides is 3. The van der Waals surface area contributed by atoms with Gasteiger partial charge in [-0.1, -0.05) is 39.3 Å². The van der Waals surface area contributed by atoms with Crippen LogP contribution in [0.5, 0.6) is 5.75 Å². The van der Waals surface area contributed by atoms with Crippen molar-refractivity contribution >= 4 is 30.5 Å². The maximum Gasteiger partial charge on any atom is 0.408 e. The van der Waals surface area contributed by atoms with E-state index >= 15 is 0 Å². The van der Waals surface area contributed by atoms with Crippen LogP contribution in [-0.2, 0) is 14.3 Å². The Kier molecular flexibility index (Phi) is 13.1. The molecular formula is C27H45N3O5S. The number of carbonyl (C=O) groups is 3. The van der Waals surface area contributed by atoms with Crippen LogP contribution >= 0.6 is 12.6 Å². The Labute approximate surface area is 222 Å². The predicted molar refractivity (Wildman–Crippen MR) is 146 cm³/mol. The van der Waals surface area contributed by atoms with Crippen LogP contribution in [0.2, 0.25) is 0 Å². The zero-order valence-electron chi connectivity index (χ0n) is 22.8. The van der Waals surface area contributed by atoms with Gasteiger partial charge in [-0.15, -0.1) is 0 Å². The van der Waals surface area contributed by atoms with E-state index in [1.807, 2.05) is 13.8 Å². The monoisotopic (exact) mass is 523 g/mol. The Morgan fingerprint density at radius 2 is 1.69 bits per heavy atom. The number of phenols is 1. The van der Waals surface area contributed by atoms with E-state index in [9.17, 15) is 19.5 Å². The minimum Gasteiger partial charge on any atom is -0.508 e. The molecule has 0 bridgehead atoms. The van der Waals surface area contributed by atoms with Crippen molar-refractivity contribution in [2.24, 2.45) is 5.92 Å². The van der Waals surface area contributed by atoms with E-state index in [0.29, 0.717) is 24.4 Å². The average Bonchev–Trinajstić information content (AvgIpc) is 2.78. The largest absolute Gasteiger partial charge is 0.508 e. The van der Waals surface area contributed by atoms with Crippen molar-refractivity contribution in [3.05, 3.63) is 29.8 Å². The summed E-state index contributed by atoms with van der Waals surface area (Å²) in [6.07, 6.45) is 2.53. The summed E-state index contributed by atoms with van der Waals surface area (Å²) in [5.74, 6) is -0.222. The first-order valence-electron chi connectivity index (χ1n) is 12.8. The van der Waals surface area contributed by atoms with Crippen LogP contribution in [0.4, 0.5) is 4.79 Å². The van der Waals surface area contributed by atoms with E-state index < -0.39 is 29.7 Å². The van der Waals surface area contributed by atoms with Gasteiger partial charge in [0.25, 0.3) is 0 Å². The second-order valence-corrected chi connectivity index (χ2v) is 11.0. The number of alkyl carbamates (subject to hydrolysis) is 1. The Morgan fingerprint density at radius 1 is 1.08 bits per heavy atom. The van der Waals surface area contributed by atoms with E-state index in [0.717, 1.165) is 19.3 Å². The number of rotatable bonds is 13. The van der Waals surface area contributed by atoms with Gasteiger partial charge in [-0.05, 0) is 70.6 Å². The number of ether oxygens (including phenoxy) is 1. The summed E-state index contributed by atoms with van der Waals surface area (Å²) in [5, 5.41) is 15.4. The highest BCUT2D eigenvalue weighted by atomic mass is 32.1. The minimum absolute atomic E-state index is 0.0330. The molecule has 1 aromatic carbocycles. The number of aromatic hydroxyl groups is 1. The second kappa shape index (κ2) is 15.0. The van der Waals surface area contributed by atoms with E-state index in [2.05, 4.69) is 37.1 Å². The summed E-state index contributed by atoms with van der Waals surface area (Å²) in [6, 6.07) is 4.04. The molecular weight excluding hydrogens is 478 g/mol. The smallest absolute Gasteiger partial charge is 0.408 e. The molecule has 3 unspecified atom stereocenters. The summed E-state index contributed by atoms with van der Waals surface area (Å²) in [7, 11) is 0. The highest BCUT2D eigenvalue weighted by molar-refractivity contribution is 7.80. The molecule has 0 saturated heterocycles. The molecule has 3 N–H and O–H groups in total. The molecule has 0 aromatic heterocycles. The first kappa shape index (κ1) is 31.6. The molecule has 0 aliphatic rings. The standard InChI is InChI=1S/C27H45N3O5S/c1-8-9-16-28-24(32)23(20-12-14-21(31)15-13-20)30(19(4)11-10-18(2)3)25(33)22(17-36)29-26(34)35-27(5,6)7/h12-15,18-19,22-23,31,36H,8-11,16-17H2,1-7H3,(H,28,32)(H,29,34). The number of nitrogens with zero attached hydrogens (tertiary/aromatic N) is 1. The summed E-state index contributed by atoms with van der Waals surface area (Å²) >= 11 is 4.33. The number of phenolic OH excluding ortho intramolecular Hbond substituents is 1. The van der Waals surface area contributed by atoms with Gasteiger partial charge in [0.1, 0.15) is 23.4 Å². The Balaban J connectivity index is 3.45. The van der Waals surface area contributed by atoms with Crippen molar-refractivity contribution in [2.45, 2.75) is 97.9 Å². The lowest BCUT2D eigenvalue weighted by molar-refractivity contribution is -0.144. The zero-order chi connectivity index (χ0) is 27.5. The lowest BCUT2D eigenvalue weighted by atomic mass is 9.97. The van der Waals surface area contributed by atoms with Gasteiger partial charge in [0.05, 0.1) is 0 Å². The molecule has 0 saturated carbocycles. The van der Waals surface area contributed by atoms with Gasteiger partial charge < -0.3 is 25.4 Å². The van der Waals surface area contributed by atoms with E-state index in [4.69, 9.17) is 4.74 Å². The molecule has 9 heteroatoms. The van der Waals surface area contributed by atoms with Gasteiger partial charge in [0.2, 0.25) is 11.8 Å². The molecule has 0 aliphatic heterocycles. The van der Waals surface area contributed by atoms with Gasteiger partial charge in [-0.3, -0.25) is 9.59 Å². The fourth-order valence-corrected chi connectivity index (χ4v) is 3.96. The molecule has 3 atom stereocenters.